The summed E-state index contributed by atoms with van der Waals surface area (Å²) in [6.45, 7) is 5.20. The zero-order valence-corrected chi connectivity index (χ0v) is 21.6. The van der Waals surface area contributed by atoms with E-state index < -0.39 is 17.7 Å². The van der Waals surface area contributed by atoms with Crippen LogP contribution in [0, 0.1) is 6.92 Å². The molecule has 4 aromatic rings. The number of Topliss-reactive ketones (excluding diaryl/α,β-unsaturated/α-hetero) is 1. The number of carbonyl (C=O) groups excluding carboxylic acids is 2. The molecule has 3 aromatic carbocycles. The summed E-state index contributed by atoms with van der Waals surface area (Å²) in [6, 6.07) is 17.0. The molecule has 0 saturated carbocycles. The van der Waals surface area contributed by atoms with Gasteiger partial charge in [-0.15, -0.1) is 0 Å². The molecule has 38 heavy (non-hydrogen) atoms. The predicted molar refractivity (Wildman–Crippen MR) is 144 cm³/mol. The van der Waals surface area contributed by atoms with E-state index >= 15 is 0 Å². The number of benzene rings is 3. The molecule has 0 bridgehead atoms. The van der Waals surface area contributed by atoms with Gasteiger partial charge < -0.3 is 19.3 Å². The standard InChI is InChI=1S/C29H24N2O6S/c1-3-35-19-8-5-17(6-9-19)25-24(26(32)18-7-11-21-22(15-18)37-13-12-36-21)27(33)28(34)31(25)29-30-20-10-4-16(2)14-23(20)38-29/h4-11,14-15,25,32H,3,12-13H2,1-2H3/t25-/m1/s1. The molecule has 192 valence electrons. The number of aliphatic hydroxyl groups excluding tert-OH is 1. The molecule has 1 amide bonds. The lowest BCUT2D eigenvalue weighted by molar-refractivity contribution is -0.132. The van der Waals surface area contributed by atoms with E-state index in [1.807, 2.05) is 32.0 Å². The van der Waals surface area contributed by atoms with Crippen LogP contribution in [0.15, 0.2) is 66.2 Å². The average molecular weight is 529 g/mol. The molecule has 6 rings (SSSR count). The number of anilines is 1. The number of ether oxygens (including phenoxy) is 3. The largest absolute Gasteiger partial charge is 0.507 e. The van der Waals surface area contributed by atoms with E-state index in [0.29, 0.717) is 53.3 Å². The Kier molecular flexibility index (Phi) is 6.00. The number of aryl methyl sites for hydroxylation is 1. The molecule has 1 atom stereocenters. The number of ketones is 1. The molecule has 3 heterocycles. The first-order chi connectivity index (χ1) is 18.4. The van der Waals surface area contributed by atoms with Gasteiger partial charge in [0.1, 0.15) is 24.7 Å². The minimum Gasteiger partial charge on any atom is -0.507 e. The van der Waals surface area contributed by atoms with Crippen LogP contribution in [0.25, 0.3) is 16.0 Å². The molecule has 1 aromatic heterocycles. The van der Waals surface area contributed by atoms with Crippen LogP contribution in [0.5, 0.6) is 17.2 Å². The smallest absolute Gasteiger partial charge is 0.301 e. The number of carbonyl (C=O) groups is 2. The topological polar surface area (TPSA) is 98.2 Å². The molecule has 2 aliphatic rings. The van der Waals surface area contributed by atoms with Gasteiger partial charge >= 0.3 is 5.91 Å². The summed E-state index contributed by atoms with van der Waals surface area (Å²) in [4.78, 5) is 33.1. The Bertz CT molecular complexity index is 1610. The minimum atomic E-state index is -0.888. The Balaban J connectivity index is 1.52. The van der Waals surface area contributed by atoms with Crippen LogP contribution in [0.4, 0.5) is 5.13 Å². The lowest BCUT2D eigenvalue weighted by Gasteiger charge is -2.23. The van der Waals surface area contributed by atoms with Gasteiger partial charge in [-0.3, -0.25) is 14.5 Å². The van der Waals surface area contributed by atoms with Crippen LogP contribution in [0.3, 0.4) is 0 Å². The maximum absolute atomic E-state index is 13.5. The molecular formula is C29H24N2O6S. The summed E-state index contributed by atoms with van der Waals surface area (Å²) in [6.07, 6.45) is 0. The van der Waals surface area contributed by atoms with Crippen molar-refractivity contribution >= 4 is 44.1 Å². The van der Waals surface area contributed by atoms with Crippen molar-refractivity contribution in [1.29, 1.82) is 0 Å². The summed E-state index contributed by atoms with van der Waals surface area (Å²) in [5.41, 5.74) is 2.77. The van der Waals surface area contributed by atoms with Gasteiger partial charge in [0.25, 0.3) is 5.78 Å². The van der Waals surface area contributed by atoms with Gasteiger partial charge in [-0.05, 0) is 67.4 Å². The predicted octanol–water partition coefficient (Wildman–Crippen LogP) is 5.40. The Morgan fingerprint density at radius 2 is 1.82 bits per heavy atom. The van der Waals surface area contributed by atoms with Crippen molar-refractivity contribution in [2.24, 2.45) is 0 Å². The Hall–Kier alpha value is -4.37. The second kappa shape index (κ2) is 9.50. The minimum absolute atomic E-state index is 0.0220. The van der Waals surface area contributed by atoms with Crippen molar-refractivity contribution < 1.29 is 28.9 Å². The number of fused-ring (bicyclic) bond motifs is 2. The maximum atomic E-state index is 13.5. The van der Waals surface area contributed by atoms with Gasteiger partial charge in [-0.25, -0.2) is 4.98 Å². The van der Waals surface area contributed by atoms with Crippen LogP contribution >= 0.6 is 11.3 Å². The highest BCUT2D eigenvalue weighted by molar-refractivity contribution is 7.22. The molecule has 9 heteroatoms. The zero-order valence-electron chi connectivity index (χ0n) is 20.8. The molecule has 0 unspecified atom stereocenters. The van der Waals surface area contributed by atoms with Crippen LogP contribution in [-0.4, -0.2) is 41.6 Å². The van der Waals surface area contributed by atoms with Crippen LogP contribution in [-0.2, 0) is 9.59 Å². The number of aliphatic hydroxyl groups is 1. The number of hydrogen-bond acceptors (Lipinski definition) is 8. The van der Waals surface area contributed by atoms with Crippen LogP contribution in [0.1, 0.15) is 29.7 Å². The first kappa shape index (κ1) is 24.0. The van der Waals surface area contributed by atoms with Gasteiger partial charge in [0.2, 0.25) is 0 Å². The fourth-order valence-electron chi connectivity index (χ4n) is 4.73. The first-order valence-corrected chi connectivity index (χ1v) is 13.1. The van der Waals surface area contributed by atoms with E-state index in [1.54, 1.807) is 42.5 Å². The maximum Gasteiger partial charge on any atom is 0.301 e. The van der Waals surface area contributed by atoms with E-state index in [9.17, 15) is 14.7 Å². The number of nitrogens with zero attached hydrogens (tertiary/aromatic N) is 2. The molecule has 0 aliphatic carbocycles. The number of amides is 1. The molecule has 1 fully saturated rings. The molecule has 1 saturated heterocycles. The number of aromatic nitrogens is 1. The molecule has 0 spiro atoms. The lowest BCUT2D eigenvalue weighted by atomic mass is 9.95. The SMILES string of the molecule is CCOc1ccc([C@@H]2C(=C(O)c3ccc4c(c3)OCCO4)C(=O)C(=O)N2c2nc3ccc(C)cc3s2)cc1. The first-order valence-electron chi connectivity index (χ1n) is 12.3. The van der Waals surface area contributed by atoms with Gasteiger partial charge in [-0.1, -0.05) is 29.5 Å². The second-order valence-electron chi connectivity index (χ2n) is 9.00. The van der Waals surface area contributed by atoms with Crippen LogP contribution < -0.4 is 19.1 Å². The van der Waals surface area contributed by atoms with Gasteiger partial charge in [0.15, 0.2) is 16.6 Å². The van der Waals surface area contributed by atoms with Crippen LogP contribution in [0.2, 0.25) is 0 Å². The highest BCUT2D eigenvalue weighted by atomic mass is 32.1. The van der Waals surface area contributed by atoms with E-state index in [1.165, 1.54) is 16.2 Å². The molecule has 1 N–H and O–H groups in total. The summed E-state index contributed by atoms with van der Waals surface area (Å²) in [5.74, 6) is -0.144. The van der Waals surface area contributed by atoms with Crippen molar-refractivity contribution in [3.05, 3.63) is 82.9 Å². The number of thiazole rings is 1. The third kappa shape index (κ3) is 4.05. The fraction of sp³-hybridized carbons (Fsp3) is 0.207. The number of rotatable bonds is 5. The molecular weight excluding hydrogens is 504 g/mol. The lowest BCUT2D eigenvalue weighted by Crippen LogP contribution is -2.29. The average Bonchev–Trinajstić information content (AvgIpc) is 3.46. The summed E-state index contributed by atoms with van der Waals surface area (Å²) >= 11 is 1.33. The van der Waals surface area contributed by atoms with E-state index in [2.05, 4.69) is 4.98 Å². The molecule has 2 aliphatic heterocycles. The quantitative estimate of drug-likeness (QED) is 0.210. The van der Waals surface area contributed by atoms with Gasteiger partial charge in [-0.2, -0.15) is 0 Å². The second-order valence-corrected chi connectivity index (χ2v) is 10.0. The monoisotopic (exact) mass is 528 g/mol. The zero-order chi connectivity index (χ0) is 26.4. The summed E-state index contributed by atoms with van der Waals surface area (Å²) < 4.78 is 17.7. The van der Waals surface area contributed by atoms with Crippen molar-refractivity contribution in [3.63, 3.8) is 0 Å². The number of hydrogen-bond donors (Lipinski definition) is 1. The third-order valence-electron chi connectivity index (χ3n) is 6.51. The molecule has 0 radical (unpaired) electrons. The van der Waals surface area contributed by atoms with E-state index in [4.69, 9.17) is 14.2 Å². The third-order valence-corrected chi connectivity index (χ3v) is 7.52. The van der Waals surface area contributed by atoms with E-state index in [0.717, 1.165) is 15.8 Å². The van der Waals surface area contributed by atoms with Crippen molar-refractivity contribution in [2.45, 2.75) is 19.9 Å². The Morgan fingerprint density at radius 3 is 2.58 bits per heavy atom. The van der Waals surface area contributed by atoms with Crippen molar-refractivity contribution in [1.82, 2.24) is 4.98 Å². The van der Waals surface area contributed by atoms with Crippen molar-refractivity contribution in [2.75, 3.05) is 24.7 Å². The summed E-state index contributed by atoms with van der Waals surface area (Å²) in [7, 11) is 0. The Morgan fingerprint density at radius 1 is 1.05 bits per heavy atom. The summed E-state index contributed by atoms with van der Waals surface area (Å²) in [5, 5.41) is 11.8. The van der Waals surface area contributed by atoms with Gasteiger partial charge in [0.05, 0.1) is 28.4 Å². The van der Waals surface area contributed by atoms with Gasteiger partial charge in [0, 0.05) is 5.56 Å². The highest BCUT2D eigenvalue weighted by Gasteiger charge is 2.48. The Labute approximate surface area is 222 Å². The molecule has 8 nitrogen and oxygen atoms in total. The fourth-order valence-corrected chi connectivity index (χ4v) is 5.82. The normalized spacial score (nSPS) is 18.3. The van der Waals surface area contributed by atoms with Crippen molar-refractivity contribution in [3.8, 4) is 17.2 Å². The van der Waals surface area contributed by atoms with E-state index in [-0.39, 0.29) is 11.3 Å². The highest BCUT2D eigenvalue weighted by Crippen LogP contribution is 2.45.